The molecule has 0 saturated carbocycles. The quantitative estimate of drug-likeness (QED) is 0.233. The summed E-state index contributed by atoms with van der Waals surface area (Å²) in [6.45, 7) is 2.00. The molecule has 41 heavy (non-hydrogen) atoms. The highest BCUT2D eigenvalue weighted by Gasteiger charge is 2.42. The molecule has 6 rings (SSSR count). The van der Waals surface area contributed by atoms with Gasteiger partial charge in [-0.15, -0.1) is 0 Å². The SMILES string of the molecule is Cc1ccc([C@H]2[C@@H](c3ccccn3)NC(=S)N2c2ccc(NC(=O)COc3ccccc3)cc2)n1-c1cccnc1. The molecule has 2 N–H and O–H groups in total. The van der Waals surface area contributed by atoms with Gasteiger partial charge < -0.3 is 24.8 Å². The molecule has 4 heterocycles. The summed E-state index contributed by atoms with van der Waals surface area (Å²) in [5, 5.41) is 7.01. The Hall–Kier alpha value is -5.02. The second kappa shape index (κ2) is 11.6. The zero-order valence-electron chi connectivity index (χ0n) is 22.3. The predicted molar refractivity (Wildman–Crippen MR) is 163 cm³/mol. The number of para-hydroxylation sites is 1. The van der Waals surface area contributed by atoms with Crippen molar-refractivity contribution in [2.75, 3.05) is 16.8 Å². The molecule has 0 radical (unpaired) electrons. The van der Waals surface area contributed by atoms with Gasteiger partial charge in [-0.3, -0.25) is 14.8 Å². The van der Waals surface area contributed by atoms with Gasteiger partial charge in [0.2, 0.25) is 0 Å². The molecule has 2 atom stereocenters. The number of pyridine rings is 2. The van der Waals surface area contributed by atoms with Gasteiger partial charge in [0.05, 0.1) is 23.6 Å². The lowest BCUT2D eigenvalue weighted by molar-refractivity contribution is -0.118. The van der Waals surface area contributed by atoms with Crippen molar-refractivity contribution in [1.29, 1.82) is 0 Å². The number of anilines is 2. The fraction of sp³-hybridized carbons (Fsp3) is 0.125. The third-order valence-corrected chi connectivity index (χ3v) is 7.27. The van der Waals surface area contributed by atoms with Gasteiger partial charge in [-0.05, 0) is 91.9 Å². The molecule has 0 spiro atoms. The fourth-order valence-corrected chi connectivity index (χ4v) is 5.48. The van der Waals surface area contributed by atoms with Crippen LogP contribution in [-0.4, -0.2) is 32.2 Å². The van der Waals surface area contributed by atoms with Gasteiger partial charge in [0.1, 0.15) is 11.8 Å². The molecule has 2 aromatic carbocycles. The van der Waals surface area contributed by atoms with Crippen LogP contribution in [0, 0.1) is 6.92 Å². The second-order valence-electron chi connectivity index (χ2n) is 9.64. The summed E-state index contributed by atoms with van der Waals surface area (Å²) in [7, 11) is 0. The van der Waals surface area contributed by atoms with Crippen LogP contribution in [0.3, 0.4) is 0 Å². The summed E-state index contributed by atoms with van der Waals surface area (Å²) in [5.74, 6) is 0.408. The first kappa shape index (κ1) is 26.2. The van der Waals surface area contributed by atoms with Crippen molar-refractivity contribution in [3.8, 4) is 11.4 Å². The third-order valence-electron chi connectivity index (χ3n) is 6.95. The monoisotopic (exact) mass is 560 g/mol. The fourth-order valence-electron chi connectivity index (χ4n) is 5.13. The summed E-state index contributed by atoms with van der Waals surface area (Å²) in [6, 6.07) is 30.6. The lowest BCUT2D eigenvalue weighted by Gasteiger charge is -2.29. The van der Waals surface area contributed by atoms with Crippen LogP contribution in [0.2, 0.25) is 0 Å². The summed E-state index contributed by atoms with van der Waals surface area (Å²) >= 11 is 5.91. The minimum absolute atomic E-state index is 0.0790. The smallest absolute Gasteiger partial charge is 0.262 e. The van der Waals surface area contributed by atoms with Crippen LogP contribution in [-0.2, 0) is 4.79 Å². The molecule has 8 nitrogen and oxygen atoms in total. The first-order valence-corrected chi connectivity index (χ1v) is 13.7. The number of benzene rings is 2. The van der Waals surface area contributed by atoms with Crippen LogP contribution >= 0.6 is 12.2 Å². The summed E-state index contributed by atoms with van der Waals surface area (Å²) in [4.78, 5) is 23.6. The number of nitrogens with one attached hydrogen (secondary N) is 2. The third kappa shape index (κ3) is 5.53. The number of carbonyl (C=O) groups excluding carboxylic acids is 1. The number of hydrogen-bond donors (Lipinski definition) is 2. The van der Waals surface area contributed by atoms with Crippen molar-refractivity contribution >= 4 is 34.6 Å². The Bertz CT molecular complexity index is 1640. The number of rotatable bonds is 8. The minimum atomic E-state index is -0.238. The molecule has 1 saturated heterocycles. The van der Waals surface area contributed by atoms with E-state index in [1.807, 2.05) is 91.1 Å². The van der Waals surface area contributed by atoms with E-state index in [0.717, 1.165) is 28.5 Å². The molecule has 5 aromatic rings. The summed E-state index contributed by atoms with van der Waals surface area (Å²) in [5.41, 5.74) is 5.55. The van der Waals surface area contributed by atoms with Crippen LogP contribution in [0.5, 0.6) is 5.75 Å². The number of aromatic nitrogens is 3. The standard InChI is InChI=1S/C32H28N6O2S/c1-22-12-17-28(37(22)25-8-7-18-33-20-25)31-30(27-11-5-6-19-34-27)36-32(41)38(31)24-15-13-23(14-16-24)35-29(39)21-40-26-9-3-2-4-10-26/h2-20,30-31H,21H2,1H3,(H,35,39)(H,36,41)/t30-,31+/m1/s1. The van der Waals surface area contributed by atoms with E-state index in [-0.39, 0.29) is 24.6 Å². The summed E-state index contributed by atoms with van der Waals surface area (Å²) < 4.78 is 7.77. The van der Waals surface area contributed by atoms with Gasteiger partial charge in [-0.2, -0.15) is 0 Å². The molecule has 9 heteroatoms. The Labute approximate surface area is 243 Å². The van der Waals surface area contributed by atoms with E-state index in [2.05, 4.69) is 49.1 Å². The van der Waals surface area contributed by atoms with E-state index in [9.17, 15) is 4.79 Å². The van der Waals surface area contributed by atoms with E-state index < -0.39 is 0 Å². The van der Waals surface area contributed by atoms with Crippen LogP contribution < -0.4 is 20.3 Å². The Morgan fingerprint density at radius 3 is 2.46 bits per heavy atom. The van der Waals surface area contributed by atoms with E-state index in [1.165, 1.54) is 0 Å². The van der Waals surface area contributed by atoms with Crippen molar-refractivity contribution in [2.24, 2.45) is 0 Å². The van der Waals surface area contributed by atoms with Crippen molar-refractivity contribution in [3.05, 3.63) is 133 Å². The predicted octanol–water partition coefficient (Wildman–Crippen LogP) is 5.77. The molecule has 1 amide bonds. The molecule has 0 bridgehead atoms. The van der Waals surface area contributed by atoms with Gasteiger partial charge in [0.25, 0.3) is 5.91 Å². The molecule has 1 aliphatic heterocycles. The Balaban J connectivity index is 1.30. The van der Waals surface area contributed by atoms with E-state index in [1.54, 1.807) is 12.4 Å². The number of carbonyl (C=O) groups is 1. The highest BCUT2D eigenvalue weighted by molar-refractivity contribution is 7.80. The summed E-state index contributed by atoms with van der Waals surface area (Å²) in [6.07, 6.45) is 5.42. The van der Waals surface area contributed by atoms with E-state index in [4.69, 9.17) is 17.0 Å². The number of hydrogen-bond acceptors (Lipinski definition) is 5. The number of aryl methyl sites for hydroxylation is 1. The van der Waals surface area contributed by atoms with Gasteiger partial charge in [-0.25, -0.2) is 0 Å². The number of nitrogens with zero attached hydrogens (tertiary/aromatic N) is 4. The Morgan fingerprint density at radius 2 is 1.73 bits per heavy atom. The first-order valence-electron chi connectivity index (χ1n) is 13.3. The molecule has 0 unspecified atom stereocenters. The zero-order chi connectivity index (χ0) is 28.2. The lowest BCUT2D eigenvalue weighted by atomic mass is 10.0. The van der Waals surface area contributed by atoms with Gasteiger partial charge in [0.15, 0.2) is 11.7 Å². The van der Waals surface area contributed by atoms with Gasteiger partial charge in [0, 0.05) is 35.2 Å². The van der Waals surface area contributed by atoms with Crippen molar-refractivity contribution < 1.29 is 9.53 Å². The molecule has 1 fully saturated rings. The van der Waals surface area contributed by atoms with Crippen molar-refractivity contribution in [1.82, 2.24) is 19.9 Å². The molecule has 0 aliphatic carbocycles. The molecular formula is C32H28N6O2S. The molecular weight excluding hydrogens is 532 g/mol. The topological polar surface area (TPSA) is 84.3 Å². The van der Waals surface area contributed by atoms with Crippen LogP contribution in [0.4, 0.5) is 11.4 Å². The minimum Gasteiger partial charge on any atom is -0.484 e. The second-order valence-corrected chi connectivity index (χ2v) is 10.0. The van der Waals surface area contributed by atoms with Gasteiger partial charge in [-0.1, -0.05) is 24.3 Å². The van der Waals surface area contributed by atoms with Crippen LogP contribution in [0.15, 0.2) is 116 Å². The van der Waals surface area contributed by atoms with E-state index >= 15 is 0 Å². The maximum Gasteiger partial charge on any atom is 0.262 e. The van der Waals surface area contributed by atoms with Crippen LogP contribution in [0.25, 0.3) is 5.69 Å². The van der Waals surface area contributed by atoms with Crippen LogP contribution in [0.1, 0.15) is 29.2 Å². The number of thiocarbonyl (C=S) groups is 1. The average molecular weight is 561 g/mol. The lowest BCUT2D eigenvalue weighted by Crippen LogP contribution is -2.30. The van der Waals surface area contributed by atoms with Gasteiger partial charge >= 0.3 is 0 Å². The Morgan fingerprint density at radius 1 is 0.927 bits per heavy atom. The maximum absolute atomic E-state index is 12.5. The average Bonchev–Trinajstić information content (AvgIpc) is 3.57. The molecule has 204 valence electrons. The zero-order valence-corrected chi connectivity index (χ0v) is 23.2. The van der Waals surface area contributed by atoms with Crippen molar-refractivity contribution in [2.45, 2.75) is 19.0 Å². The molecule has 1 aliphatic rings. The highest BCUT2D eigenvalue weighted by atomic mass is 32.1. The number of ether oxygens (including phenoxy) is 1. The molecule has 3 aromatic heterocycles. The normalized spacial score (nSPS) is 16.3. The highest BCUT2D eigenvalue weighted by Crippen LogP contribution is 2.42. The number of amides is 1. The van der Waals surface area contributed by atoms with Crippen molar-refractivity contribution in [3.63, 3.8) is 0 Å². The first-order chi connectivity index (χ1) is 20.1. The largest absolute Gasteiger partial charge is 0.484 e. The van der Waals surface area contributed by atoms with E-state index in [0.29, 0.717) is 16.5 Å². The Kier molecular flexibility index (Phi) is 7.42. The maximum atomic E-state index is 12.5.